The number of benzene rings is 1. The van der Waals surface area contributed by atoms with Gasteiger partial charge in [0.15, 0.2) is 0 Å². The van der Waals surface area contributed by atoms with Crippen LogP contribution in [-0.4, -0.2) is 23.4 Å². The Labute approximate surface area is 109 Å². The number of hydrogen-bond donors (Lipinski definition) is 2. The molecule has 6 heteroatoms. The number of rotatable bonds is 6. The summed E-state index contributed by atoms with van der Waals surface area (Å²) in [6.45, 7) is 1.35. The van der Waals surface area contributed by atoms with E-state index in [1.54, 1.807) is 24.3 Å². The van der Waals surface area contributed by atoms with Crippen molar-refractivity contribution in [2.45, 2.75) is 18.2 Å². The summed E-state index contributed by atoms with van der Waals surface area (Å²) in [5.41, 5.74) is 5.64. The van der Waals surface area contributed by atoms with Gasteiger partial charge < -0.3 is 11.1 Å². The molecule has 0 saturated carbocycles. The molecule has 18 heavy (non-hydrogen) atoms. The molecular formula is C12H14N2O3S. The van der Waals surface area contributed by atoms with Gasteiger partial charge in [-0.3, -0.25) is 14.4 Å². The van der Waals surface area contributed by atoms with E-state index in [1.165, 1.54) is 18.7 Å². The van der Waals surface area contributed by atoms with Gasteiger partial charge in [-0.2, -0.15) is 0 Å². The number of ketones is 1. The Morgan fingerprint density at radius 2 is 1.94 bits per heavy atom. The molecule has 0 aliphatic rings. The molecular weight excluding hydrogens is 252 g/mol. The fourth-order valence-electron chi connectivity index (χ4n) is 1.27. The van der Waals surface area contributed by atoms with Gasteiger partial charge in [-0.1, -0.05) is 12.1 Å². The highest BCUT2D eigenvalue weighted by atomic mass is 32.2. The van der Waals surface area contributed by atoms with E-state index in [1.807, 2.05) is 0 Å². The van der Waals surface area contributed by atoms with Crippen LogP contribution in [0.2, 0.25) is 0 Å². The monoisotopic (exact) mass is 266 g/mol. The lowest BCUT2D eigenvalue weighted by atomic mass is 10.2. The van der Waals surface area contributed by atoms with Gasteiger partial charge in [-0.15, -0.1) is 11.8 Å². The number of para-hydroxylation sites is 1. The molecule has 96 valence electrons. The molecule has 0 radical (unpaired) electrons. The van der Waals surface area contributed by atoms with Gasteiger partial charge >= 0.3 is 0 Å². The molecule has 0 saturated heterocycles. The highest BCUT2D eigenvalue weighted by Crippen LogP contribution is 2.26. The number of anilines is 1. The fourth-order valence-corrected chi connectivity index (χ4v) is 2.01. The average Bonchev–Trinajstić information content (AvgIpc) is 2.26. The first-order valence-electron chi connectivity index (χ1n) is 5.28. The largest absolute Gasteiger partial charge is 0.369 e. The lowest BCUT2D eigenvalue weighted by Crippen LogP contribution is -2.16. The van der Waals surface area contributed by atoms with Crippen molar-refractivity contribution < 1.29 is 14.4 Å². The molecule has 0 unspecified atom stereocenters. The third-order valence-electron chi connectivity index (χ3n) is 1.94. The zero-order valence-electron chi connectivity index (χ0n) is 9.93. The van der Waals surface area contributed by atoms with Crippen LogP contribution in [0.3, 0.4) is 0 Å². The van der Waals surface area contributed by atoms with Gasteiger partial charge in [0.2, 0.25) is 11.8 Å². The summed E-state index contributed by atoms with van der Waals surface area (Å²) in [5, 5.41) is 2.63. The van der Waals surface area contributed by atoms with E-state index < -0.39 is 5.91 Å². The highest BCUT2D eigenvalue weighted by Gasteiger charge is 2.09. The number of amides is 2. The second-order valence-corrected chi connectivity index (χ2v) is 4.70. The topological polar surface area (TPSA) is 89.3 Å². The lowest BCUT2D eigenvalue weighted by molar-refractivity contribution is -0.124. The maximum atomic E-state index is 11.5. The minimum atomic E-state index is -0.426. The lowest BCUT2D eigenvalue weighted by Gasteiger charge is -2.09. The molecule has 5 nitrogen and oxygen atoms in total. The van der Waals surface area contributed by atoms with Crippen molar-refractivity contribution in [2.24, 2.45) is 5.73 Å². The first-order chi connectivity index (χ1) is 8.49. The molecule has 0 atom stereocenters. The van der Waals surface area contributed by atoms with Gasteiger partial charge in [0, 0.05) is 4.90 Å². The Morgan fingerprint density at radius 1 is 1.28 bits per heavy atom. The van der Waals surface area contributed by atoms with Crippen LogP contribution in [0.25, 0.3) is 0 Å². The average molecular weight is 266 g/mol. The van der Waals surface area contributed by atoms with Crippen molar-refractivity contribution in [2.75, 3.05) is 11.1 Å². The van der Waals surface area contributed by atoms with E-state index in [4.69, 9.17) is 5.73 Å². The number of hydrogen-bond acceptors (Lipinski definition) is 4. The van der Waals surface area contributed by atoms with Crippen LogP contribution in [0.5, 0.6) is 0 Å². The number of carbonyl (C=O) groups is 3. The third-order valence-corrected chi connectivity index (χ3v) is 3.04. The van der Waals surface area contributed by atoms with Gasteiger partial charge in [0.25, 0.3) is 0 Å². The minimum absolute atomic E-state index is 0.138. The summed E-state index contributed by atoms with van der Waals surface area (Å²) in [6.07, 6.45) is -0.158. The summed E-state index contributed by atoms with van der Waals surface area (Å²) in [4.78, 5) is 33.8. The Bertz CT molecular complexity index is 474. The van der Waals surface area contributed by atoms with E-state index in [9.17, 15) is 14.4 Å². The Hall–Kier alpha value is -1.82. The van der Waals surface area contributed by atoms with Crippen LogP contribution >= 0.6 is 11.8 Å². The van der Waals surface area contributed by atoms with Crippen LogP contribution in [-0.2, 0) is 14.4 Å². The van der Waals surface area contributed by atoms with Gasteiger partial charge in [-0.05, 0) is 19.1 Å². The summed E-state index contributed by atoms with van der Waals surface area (Å²) in [6, 6.07) is 7.04. The van der Waals surface area contributed by atoms with E-state index in [0.717, 1.165) is 4.90 Å². The van der Waals surface area contributed by atoms with Crippen molar-refractivity contribution in [1.29, 1.82) is 0 Å². The van der Waals surface area contributed by atoms with Gasteiger partial charge in [-0.25, -0.2) is 0 Å². The molecule has 1 aromatic rings. The Balaban J connectivity index is 2.72. The second kappa shape index (κ2) is 6.80. The molecule has 0 spiro atoms. The van der Waals surface area contributed by atoms with E-state index >= 15 is 0 Å². The predicted octanol–water partition coefficient (Wildman–Crippen LogP) is 1.18. The molecule has 0 heterocycles. The van der Waals surface area contributed by atoms with Crippen LogP contribution < -0.4 is 11.1 Å². The van der Waals surface area contributed by atoms with E-state index in [0.29, 0.717) is 5.69 Å². The first-order valence-corrected chi connectivity index (χ1v) is 6.27. The van der Waals surface area contributed by atoms with Crippen LogP contribution in [0, 0.1) is 0 Å². The molecule has 1 aromatic carbocycles. The molecule has 2 amide bonds. The normalized spacial score (nSPS) is 9.83. The molecule has 0 bridgehead atoms. The van der Waals surface area contributed by atoms with Crippen molar-refractivity contribution in [1.82, 2.24) is 0 Å². The second-order valence-electron chi connectivity index (χ2n) is 3.68. The molecule has 0 fully saturated rings. The van der Waals surface area contributed by atoms with E-state index in [2.05, 4.69) is 5.32 Å². The van der Waals surface area contributed by atoms with Crippen LogP contribution in [0.1, 0.15) is 13.3 Å². The smallest absolute Gasteiger partial charge is 0.231 e. The predicted molar refractivity (Wildman–Crippen MR) is 70.3 cm³/mol. The fraction of sp³-hybridized carbons (Fsp3) is 0.250. The number of Topliss-reactive ketones (excluding diaryl/α,β-unsaturated/α-hetero) is 1. The Morgan fingerprint density at radius 3 is 2.56 bits per heavy atom. The molecule has 1 rings (SSSR count). The van der Waals surface area contributed by atoms with Crippen molar-refractivity contribution in [3.05, 3.63) is 24.3 Å². The summed E-state index contributed by atoms with van der Waals surface area (Å²) >= 11 is 1.24. The van der Waals surface area contributed by atoms with Crippen molar-refractivity contribution >= 4 is 35.0 Å². The molecule has 0 aliphatic heterocycles. The summed E-state index contributed by atoms with van der Waals surface area (Å²) in [7, 11) is 0. The zero-order valence-corrected chi connectivity index (χ0v) is 10.8. The maximum Gasteiger partial charge on any atom is 0.231 e. The molecule has 3 N–H and O–H groups in total. The van der Waals surface area contributed by atoms with Gasteiger partial charge in [0.05, 0.1) is 17.9 Å². The number of nitrogens with one attached hydrogen (secondary N) is 1. The van der Waals surface area contributed by atoms with Gasteiger partial charge in [0.1, 0.15) is 5.78 Å². The quantitative estimate of drug-likeness (QED) is 0.597. The highest BCUT2D eigenvalue weighted by molar-refractivity contribution is 8.00. The van der Waals surface area contributed by atoms with Crippen LogP contribution in [0.15, 0.2) is 29.2 Å². The maximum absolute atomic E-state index is 11.5. The number of nitrogens with two attached hydrogens (primary N) is 1. The minimum Gasteiger partial charge on any atom is -0.369 e. The van der Waals surface area contributed by atoms with E-state index in [-0.39, 0.29) is 23.9 Å². The van der Waals surface area contributed by atoms with Crippen LogP contribution in [0.4, 0.5) is 5.69 Å². The zero-order chi connectivity index (χ0) is 13.5. The standard InChI is InChI=1S/C12H14N2O3S/c1-8(15)6-12(17)14-9-4-2-3-5-10(9)18-7-11(13)16/h2-5H,6-7H2,1H3,(H2,13,16)(H,14,17). The number of thioether (sulfide) groups is 1. The number of carbonyl (C=O) groups excluding carboxylic acids is 3. The SMILES string of the molecule is CC(=O)CC(=O)Nc1ccccc1SCC(N)=O. The third kappa shape index (κ3) is 5.01. The van der Waals surface area contributed by atoms with Crippen molar-refractivity contribution in [3.8, 4) is 0 Å². The summed E-state index contributed by atoms with van der Waals surface area (Å²) in [5.74, 6) is -0.853. The number of primary amides is 1. The first kappa shape index (κ1) is 14.2. The van der Waals surface area contributed by atoms with Crippen molar-refractivity contribution in [3.63, 3.8) is 0 Å². The Kier molecular flexibility index (Phi) is 5.38. The summed E-state index contributed by atoms with van der Waals surface area (Å²) < 4.78 is 0. The molecule has 0 aromatic heterocycles. The molecule has 0 aliphatic carbocycles.